The van der Waals surface area contributed by atoms with Gasteiger partial charge in [0.1, 0.15) is 10.8 Å². The van der Waals surface area contributed by atoms with Gasteiger partial charge >= 0.3 is 0 Å². The molecular weight excluding hydrogens is 236 g/mol. The molecule has 0 saturated carbocycles. The molecule has 3 aromatic rings. The smallest absolute Gasteiger partial charge is 0.137 e. The molecule has 0 amide bonds. The Morgan fingerprint density at radius 2 is 2.06 bits per heavy atom. The highest BCUT2D eigenvalue weighted by atomic mass is 35.5. The van der Waals surface area contributed by atoms with E-state index in [1.165, 1.54) is 0 Å². The summed E-state index contributed by atoms with van der Waals surface area (Å²) < 4.78 is 1.93. The highest BCUT2D eigenvalue weighted by Gasteiger charge is 2.06. The molecule has 0 bridgehead atoms. The summed E-state index contributed by atoms with van der Waals surface area (Å²) in [4.78, 5) is 8.27. The summed E-state index contributed by atoms with van der Waals surface area (Å²) in [5.41, 5.74) is 9.22. The van der Waals surface area contributed by atoms with Crippen molar-refractivity contribution in [3.63, 3.8) is 0 Å². The van der Waals surface area contributed by atoms with Crippen LogP contribution in [0.4, 0.5) is 5.69 Å². The molecule has 0 spiro atoms. The lowest BCUT2D eigenvalue weighted by Crippen LogP contribution is -1.92. The van der Waals surface area contributed by atoms with Crippen LogP contribution in [-0.4, -0.2) is 14.4 Å². The third kappa shape index (κ3) is 1.72. The number of imidazole rings is 1. The number of hydrogen-bond acceptors (Lipinski definition) is 3. The first kappa shape index (κ1) is 10.1. The van der Waals surface area contributed by atoms with Gasteiger partial charge in [-0.25, -0.2) is 9.97 Å². The lowest BCUT2D eigenvalue weighted by molar-refractivity contribution is 1.19. The van der Waals surface area contributed by atoms with Crippen LogP contribution in [0, 0.1) is 0 Å². The normalized spacial score (nSPS) is 10.9. The maximum atomic E-state index is 5.88. The third-order valence-electron chi connectivity index (χ3n) is 2.55. The molecule has 3 aromatic heterocycles. The van der Waals surface area contributed by atoms with E-state index >= 15 is 0 Å². The summed E-state index contributed by atoms with van der Waals surface area (Å²) in [6, 6.07) is 7.39. The Labute approximate surface area is 103 Å². The molecule has 3 rings (SSSR count). The lowest BCUT2D eigenvalue weighted by Gasteiger charge is -2.02. The first-order chi connectivity index (χ1) is 8.24. The zero-order valence-electron chi connectivity index (χ0n) is 8.84. The van der Waals surface area contributed by atoms with Crippen molar-refractivity contribution in [1.82, 2.24) is 14.4 Å². The highest BCUT2D eigenvalue weighted by Crippen LogP contribution is 2.23. The van der Waals surface area contributed by atoms with Crippen molar-refractivity contribution >= 4 is 22.9 Å². The standard InChI is InChI=1S/C12H9ClN4/c13-11-5-8(3-4-15-11)10-6-16-12-2-1-9(14)7-17(10)12/h1-7H,14H2. The molecule has 4 nitrogen and oxygen atoms in total. The Hall–Kier alpha value is -2.07. The number of pyridine rings is 2. The van der Waals surface area contributed by atoms with Crippen molar-refractivity contribution in [3.05, 3.63) is 48.0 Å². The van der Waals surface area contributed by atoms with E-state index in [1.807, 2.05) is 28.8 Å². The van der Waals surface area contributed by atoms with Crippen LogP contribution in [0.25, 0.3) is 16.9 Å². The molecule has 2 N–H and O–H groups in total. The average Bonchev–Trinajstić information content (AvgIpc) is 2.71. The van der Waals surface area contributed by atoms with Gasteiger partial charge in [0.15, 0.2) is 0 Å². The van der Waals surface area contributed by atoms with Gasteiger partial charge in [-0.3, -0.25) is 4.40 Å². The molecule has 0 saturated heterocycles. The summed E-state index contributed by atoms with van der Waals surface area (Å²) in [6.45, 7) is 0. The van der Waals surface area contributed by atoms with Gasteiger partial charge < -0.3 is 5.73 Å². The van der Waals surface area contributed by atoms with Crippen LogP contribution in [0.3, 0.4) is 0 Å². The van der Waals surface area contributed by atoms with E-state index in [1.54, 1.807) is 18.5 Å². The van der Waals surface area contributed by atoms with E-state index in [0.29, 0.717) is 10.8 Å². The Balaban J connectivity index is 2.27. The van der Waals surface area contributed by atoms with Crippen molar-refractivity contribution in [2.24, 2.45) is 0 Å². The minimum absolute atomic E-state index is 0.460. The number of nitrogen functional groups attached to an aromatic ring is 1. The van der Waals surface area contributed by atoms with E-state index in [4.69, 9.17) is 17.3 Å². The second-order valence-corrected chi connectivity index (χ2v) is 4.09. The van der Waals surface area contributed by atoms with Gasteiger partial charge in [-0.05, 0) is 24.3 Å². The molecule has 0 radical (unpaired) electrons. The Bertz CT molecular complexity index is 690. The number of anilines is 1. The van der Waals surface area contributed by atoms with E-state index in [2.05, 4.69) is 9.97 Å². The zero-order chi connectivity index (χ0) is 11.8. The Morgan fingerprint density at radius 3 is 2.88 bits per heavy atom. The third-order valence-corrected chi connectivity index (χ3v) is 2.76. The quantitative estimate of drug-likeness (QED) is 0.670. The highest BCUT2D eigenvalue weighted by molar-refractivity contribution is 6.29. The van der Waals surface area contributed by atoms with E-state index in [-0.39, 0.29) is 0 Å². The Kier molecular flexibility index (Phi) is 2.23. The van der Waals surface area contributed by atoms with Crippen LogP contribution >= 0.6 is 11.6 Å². The fourth-order valence-corrected chi connectivity index (χ4v) is 1.95. The van der Waals surface area contributed by atoms with E-state index in [9.17, 15) is 0 Å². The molecule has 17 heavy (non-hydrogen) atoms. The van der Waals surface area contributed by atoms with Crippen LogP contribution in [0.1, 0.15) is 0 Å². The van der Waals surface area contributed by atoms with Crippen LogP contribution in [0.5, 0.6) is 0 Å². The van der Waals surface area contributed by atoms with Gasteiger partial charge in [-0.1, -0.05) is 11.6 Å². The summed E-state index contributed by atoms with van der Waals surface area (Å²) in [6.07, 6.45) is 5.30. The van der Waals surface area contributed by atoms with Crippen LogP contribution in [0.2, 0.25) is 5.15 Å². The largest absolute Gasteiger partial charge is 0.398 e. The monoisotopic (exact) mass is 244 g/mol. The van der Waals surface area contributed by atoms with Crippen LogP contribution < -0.4 is 5.73 Å². The number of rotatable bonds is 1. The van der Waals surface area contributed by atoms with Gasteiger partial charge in [-0.2, -0.15) is 0 Å². The van der Waals surface area contributed by atoms with Crippen molar-refractivity contribution in [1.29, 1.82) is 0 Å². The van der Waals surface area contributed by atoms with E-state index in [0.717, 1.165) is 16.9 Å². The average molecular weight is 245 g/mol. The first-order valence-electron chi connectivity index (χ1n) is 5.08. The summed E-state index contributed by atoms with van der Waals surface area (Å²) in [5.74, 6) is 0. The van der Waals surface area contributed by atoms with Crippen molar-refractivity contribution in [2.45, 2.75) is 0 Å². The molecule has 0 fully saturated rings. The summed E-state index contributed by atoms with van der Waals surface area (Å²) >= 11 is 5.88. The van der Waals surface area contributed by atoms with Gasteiger partial charge in [0.25, 0.3) is 0 Å². The maximum absolute atomic E-state index is 5.88. The predicted octanol–water partition coefficient (Wildman–Crippen LogP) is 2.63. The minimum Gasteiger partial charge on any atom is -0.398 e. The number of nitrogens with two attached hydrogens (primary N) is 1. The molecule has 0 aliphatic rings. The summed E-state index contributed by atoms with van der Waals surface area (Å²) in [7, 11) is 0. The van der Waals surface area contributed by atoms with Crippen molar-refractivity contribution in [3.8, 4) is 11.3 Å². The molecule has 0 unspecified atom stereocenters. The topological polar surface area (TPSA) is 56.2 Å². The van der Waals surface area contributed by atoms with Crippen LogP contribution in [0.15, 0.2) is 42.9 Å². The molecule has 3 heterocycles. The SMILES string of the molecule is Nc1ccc2ncc(-c3ccnc(Cl)c3)n2c1. The lowest BCUT2D eigenvalue weighted by atomic mass is 10.2. The molecule has 5 heteroatoms. The number of aromatic nitrogens is 3. The van der Waals surface area contributed by atoms with Gasteiger partial charge in [0, 0.05) is 23.6 Å². The fourth-order valence-electron chi connectivity index (χ4n) is 1.77. The molecule has 0 aliphatic carbocycles. The fraction of sp³-hybridized carbons (Fsp3) is 0. The second kappa shape index (κ2) is 3.75. The number of fused-ring (bicyclic) bond motifs is 1. The van der Waals surface area contributed by atoms with Gasteiger partial charge in [-0.15, -0.1) is 0 Å². The number of halogens is 1. The van der Waals surface area contributed by atoms with Crippen molar-refractivity contribution < 1.29 is 0 Å². The van der Waals surface area contributed by atoms with Crippen molar-refractivity contribution in [2.75, 3.05) is 5.73 Å². The Morgan fingerprint density at radius 1 is 1.18 bits per heavy atom. The maximum Gasteiger partial charge on any atom is 0.137 e. The van der Waals surface area contributed by atoms with Gasteiger partial charge in [0.2, 0.25) is 0 Å². The molecular formula is C12H9ClN4. The van der Waals surface area contributed by atoms with Gasteiger partial charge in [0.05, 0.1) is 11.9 Å². The molecule has 0 aromatic carbocycles. The summed E-state index contributed by atoms with van der Waals surface area (Å²) in [5, 5.41) is 0.460. The first-order valence-corrected chi connectivity index (χ1v) is 5.46. The zero-order valence-corrected chi connectivity index (χ0v) is 9.59. The van der Waals surface area contributed by atoms with Crippen LogP contribution in [-0.2, 0) is 0 Å². The second-order valence-electron chi connectivity index (χ2n) is 3.70. The predicted molar refractivity (Wildman–Crippen MR) is 67.8 cm³/mol. The molecule has 84 valence electrons. The molecule has 0 atom stereocenters. The molecule has 0 aliphatic heterocycles. The van der Waals surface area contributed by atoms with E-state index < -0.39 is 0 Å². The number of nitrogens with zero attached hydrogens (tertiary/aromatic N) is 3. The number of hydrogen-bond donors (Lipinski definition) is 1. The minimum atomic E-state index is 0.460.